The zero-order valence-electron chi connectivity index (χ0n) is 21.0. The lowest BCUT2D eigenvalue weighted by Gasteiger charge is -2.63. The van der Waals surface area contributed by atoms with Crippen LogP contribution in [0, 0.1) is 22.7 Å². The molecule has 0 aromatic heterocycles. The van der Waals surface area contributed by atoms with Crippen LogP contribution in [0.4, 0.5) is 0 Å². The van der Waals surface area contributed by atoms with Crippen LogP contribution in [-0.4, -0.2) is 50.0 Å². The second-order valence-corrected chi connectivity index (χ2v) is 12.2. The summed E-state index contributed by atoms with van der Waals surface area (Å²) in [5.74, 6) is -0.589. The number of carbonyl (C=O) groups is 2. The van der Waals surface area contributed by atoms with Gasteiger partial charge in [-0.2, -0.15) is 0 Å². The molecule has 8 atom stereocenters. The summed E-state index contributed by atoms with van der Waals surface area (Å²) < 4.78 is 5.63. The van der Waals surface area contributed by atoms with Crippen molar-refractivity contribution in [2.24, 2.45) is 22.7 Å². The van der Waals surface area contributed by atoms with Gasteiger partial charge in [0.25, 0.3) is 0 Å². The van der Waals surface area contributed by atoms with Gasteiger partial charge in [-0.1, -0.05) is 30.2 Å². The van der Waals surface area contributed by atoms with Gasteiger partial charge in [-0.25, -0.2) is 4.79 Å². The molecule has 2 saturated carbocycles. The number of ether oxygens (including phenoxy) is 1. The molecule has 0 aromatic carbocycles. The Labute approximate surface area is 201 Å². The number of ketones is 1. The van der Waals surface area contributed by atoms with E-state index in [0.717, 1.165) is 17.6 Å². The van der Waals surface area contributed by atoms with Gasteiger partial charge in [0.2, 0.25) is 0 Å². The molecule has 0 radical (unpaired) electrons. The summed E-state index contributed by atoms with van der Waals surface area (Å²) in [4.78, 5) is 25.5. The highest BCUT2D eigenvalue weighted by Crippen LogP contribution is 2.70. The van der Waals surface area contributed by atoms with Crippen molar-refractivity contribution in [1.82, 2.24) is 0 Å². The first-order chi connectivity index (χ1) is 15.7. The normalized spacial score (nSPS) is 47.9. The minimum absolute atomic E-state index is 0.0179. The van der Waals surface area contributed by atoms with Crippen LogP contribution in [0.2, 0.25) is 0 Å². The number of fused-ring (bicyclic) bond motifs is 5. The van der Waals surface area contributed by atoms with Gasteiger partial charge in [0.1, 0.15) is 17.3 Å². The molecule has 34 heavy (non-hydrogen) atoms. The number of rotatable bonds is 2. The number of aliphatic hydroxyl groups is 3. The predicted molar refractivity (Wildman–Crippen MR) is 127 cm³/mol. The molecule has 0 amide bonds. The lowest BCUT2D eigenvalue weighted by Crippen LogP contribution is -2.72. The average Bonchev–Trinajstić information content (AvgIpc) is 3.00. The van der Waals surface area contributed by atoms with Crippen molar-refractivity contribution in [3.05, 3.63) is 34.9 Å². The Morgan fingerprint density at radius 1 is 1.09 bits per heavy atom. The van der Waals surface area contributed by atoms with E-state index in [-0.39, 0.29) is 24.0 Å². The summed E-state index contributed by atoms with van der Waals surface area (Å²) in [6, 6.07) is 0. The highest BCUT2D eigenvalue weighted by Gasteiger charge is 2.76. The minimum Gasteiger partial charge on any atom is -0.455 e. The monoisotopic (exact) mass is 470 g/mol. The van der Waals surface area contributed by atoms with E-state index in [9.17, 15) is 24.9 Å². The van der Waals surface area contributed by atoms with Gasteiger partial charge in [0, 0.05) is 17.4 Å². The van der Waals surface area contributed by atoms with Crippen LogP contribution in [-0.2, 0) is 14.3 Å². The van der Waals surface area contributed by atoms with Crippen LogP contribution >= 0.6 is 0 Å². The number of hydrogen-bond acceptors (Lipinski definition) is 6. The Kier molecular flexibility index (Phi) is 5.03. The van der Waals surface area contributed by atoms with Crippen molar-refractivity contribution < 1.29 is 29.6 Å². The van der Waals surface area contributed by atoms with E-state index >= 15 is 0 Å². The second kappa shape index (κ2) is 7.14. The van der Waals surface area contributed by atoms with E-state index in [1.165, 1.54) is 0 Å². The SMILES string of the molecule is CC1=C(C)C(=O)O[C@@H]([C@](C)(O)[C@@]2(O)CC[C@]3(O)[C@@H]4CC=C5CC=CC(=O)[C@]5(C)C4CC[C@]23C)C1. The molecule has 0 spiro atoms. The smallest absolute Gasteiger partial charge is 0.334 e. The highest BCUT2D eigenvalue weighted by molar-refractivity contribution is 5.98. The molecule has 4 aliphatic carbocycles. The Bertz CT molecular complexity index is 1050. The molecular weight excluding hydrogens is 432 g/mol. The largest absolute Gasteiger partial charge is 0.455 e. The molecule has 1 aliphatic heterocycles. The van der Waals surface area contributed by atoms with Gasteiger partial charge in [0.05, 0.1) is 11.0 Å². The van der Waals surface area contributed by atoms with E-state index in [0.29, 0.717) is 37.7 Å². The summed E-state index contributed by atoms with van der Waals surface area (Å²) in [7, 11) is 0. The first kappa shape index (κ1) is 24.0. The van der Waals surface area contributed by atoms with Crippen LogP contribution < -0.4 is 0 Å². The van der Waals surface area contributed by atoms with E-state index in [1.54, 1.807) is 19.9 Å². The molecule has 6 nitrogen and oxygen atoms in total. The maximum Gasteiger partial charge on any atom is 0.334 e. The topological polar surface area (TPSA) is 104 Å². The molecule has 5 aliphatic rings. The van der Waals surface area contributed by atoms with Crippen LogP contribution in [0.5, 0.6) is 0 Å². The first-order valence-corrected chi connectivity index (χ1v) is 12.7. The van der Waals surface area contributed by atoms with E-state index in [2.05, 4.69) is 6.08 Å². The Morgan fingerprint density at radius 2 is 1.79 bits per heavy atom. The number of esters is 1. The van der Waals surface area contributed by atoms with Gasteiger partial charge in [-0.05, 0) is 84.1 Å². The molecule has 0 aromatic rings. The van der Waals surface area contributed by atoms with Gasteiger partial charge in [-0.15, -0.1) is 0 Å². The van der Waals surface area contributed by atoms with Crippen LogP contribution in [0.15, 0.2) is 34.9 Å². The quantitative estimate of drug-likeness (QED) is 0.421. The molecule has 1 unspecified atom stereocenters. The summed E-state index contributed by atoms with van der Waals surface area (Å²) in [6.07, 6.45) is 8.28. The van der Waals surface area contributed by atoms with Crippen molar-refractivity contribution in [2.75, 3.05) is 0 Å². The van der Waals surface area contributed by atoms with Crippen molar-refractivity contribution in [3.63, 3.8) is 0 Å². The predicted octanol–water partition coefficient (Wildman–Crippen LogP) is 3.54. The van der Waals surface area contributed by atoms with Crippen LogP contribution in [0.1, 0.15) is 79.6 Å². The number of carbonyl (C=O) groups excluding carboxylic acids is 2. The zero-order chi connectivity index (χ0) is 24.9. The lowest BCUT2D eigenvalue weighted by atomic mass is 9.44. The van der Waals surface area contributed by atoms with Gasteiger partial charge < -0.3 is 20.1 Å². The lowest BCUT2D eigenvalue weighted by molar-refractivity contribution is -0.279. The minimum atomic E-state index is -1.75. The van der Waals surface area contributed by atoms with Crippen LogP contribution in [0.25, 0.3) is 0 Å². The van der Waals surface area contributed by atoms with E-state index in [1.807, 2.05) is 26.8 Å². The average molecular weight is 471 g/mol. The standard InChI is InChI=1S/C28H38O6/c1-16-15-22(34-23(30)17(16)2)26(5,31)28(33)14-13-27(32)20-10-9-18-7-6-8-21(29)25(18,4)19(20)11-12-24(27,28)3/h6,8-9,19-20,22,31-33H,7,10-15H2,1-5H3/t19?,20-,22-,24+,25+,26+,27+,28-/m1/s1. The van der Waals surface area contributed by atoms with Crippen molar-refractivity contribution in [2.45, 2.75) is 102 Å². The van der Waals surface area contributed by atoms with Gasteiger partial charge in [-0.3, -0.25) is 4.79 Å². The molecule has 186 valence electrons. The summed E-state index contributed by atoms with van der Waals surface area (Å²) in [5.41, 5.74) is -3.78. The maximum absolute atomic E-state index is 13.1. The molecular formula is C28H38O6. The van der Waals surface area contributed by atoms with Gasteiger partial charge >= 0.3 is 5.97 Å². The maximum atomic E-state index is 13.1. The molecule has 6 heteroatoms. The third kappa shape index (κ3) is 2.63. The van der Waals surface area contributed by atoms with Crippen molar-refractivity contribution >= 4 is 11.8 Å². The Balaban J connectivity index is 1.53. The Hall–Kier alpha value is -1.76. The second-order valence-electron chi connectivity index (χ2n) is 12.2. The van der Waals surface area contributed by atoms with Gasteiger partial charge in [0.15, 0.2) is 5.78 Å². The van der Waals surface area contributed by atoms with Crippen molar-refractivity contribution in [3.8, 4) is 0 Å². The third-order valence-corrected chi connectivity index (χ3v) is 11.1. The van der Waals surface area contributed by atoms with Crippen molar-refractivity contribution in [1.29, 1.82) is 0 Å². The summed E-state index contributed by atoms with van der Waals surface area (Å²) in [6.45, 7) is 9.01. The highest BCUT2D eigenvalue weighted by atomic mass is 16.6. The van der Waals surface area contributed by atoms with E-state index < -0.39 is 39.7 Å². The molecule has 0 saturated heterocycles. The third-order valence-electron chi connectivity index (χ3n) is 11.1. The first-order valence-electron chi connectivity index (χ1n) is 12.7. The molecule has 2 fully saturated rings. The number of hydrogen-bond donors (Lipinski definition) is 3. The molecule has 3 N–H and O–H groups in total. The summed E-state index contributed by atoms with van der Waals surface area (Å²) >= 11 is 0. The Morgan fingerprint density at radius 3 is 2.47 bits per heavy atom. The zero-order valence-corrected chi connectivity index (χ0v) is 21.0. The fourth-order valence-electron chi connectivity index (χ4n) is 8.41. The van der Waals surface area contributed by atoms with Crippen LogP contribution in [0.3, 0.4) is 0 Å². The summed E-state index contributed by atoms with van der Waals surface area (Å²) in [5, 5.41) is 36.5. The molecule has 5 rings (SSSR count). The number of cyclic esters (lactones) is 1. The van der Waals surface area contributed by atoms with E-state index in [4.69, 9.17) is 4.74 Å². The molecule has 0 bridgehead atoms. The molecule has 1 heterocycles. The fourth-order valence-corrected chi connectivity index (χ4v) is 8.41. The number of allylic oxidation sites excluding steroid dienone is 4. The fraction of sp³-hybridized carbons (Fsp3) is 0.714.